The number of hydrogen-bond donors (Lipinski definition) is 1. The van der Waals surface area contributed by atoms with Crippen molar-refractivity contribution in [3.8, 4) is 0 Å². The number of esters is 1. The SMILES string of the molecule is CCC(CC)OC(=O)C[C@@H](OCOI)[C@H](OCOC)[C@@H](COCOC)OCO. The average molecular weight is 524 g/mol. The zero-order valence-electron chi connectivity index (χ0n) is 17.0. The lowest BCUT2D eigenvalue weighted by molar-refractivity contribution is -0.216. The molecule has 0 rings (SSSR count). The summed E-state index contributed by atoms with van der Waals surface area (Å²) >= 11 is 1.68. The number of carbonyl (C=O) groups is 1. The summed E-state index contributed by atoms with van der Waals surface area (Å²) in [5, 5.41) is 9.24. The molecule has 168 valence electrons. The summed E-state index contributed by atoms with van der Waals surface area (Å²) in [6, 6.07) is 0. The van der Waals surface area contributed by atoms with Crippen LogP contribution in [0.3, 0.4) is 0 Å². The van der Waals surface area contributed by atoms with Gasteiger partial charge in [0.15, 0.2) is 6.79 Å². The minimum atomic E-state index is -0.801. The van der Waals surface area contributed by atoms with Gasteiger partial charge in [0.05, 0.1) is 19.1 Å². The Morgan fingerprint density at radius 3 is 2.18 bits per heavy atom. The highest BCUT2D eigenvalue weighted by Crippen LogP contribution is 2.19. The normalized spacial score (nSPS) is 14.8. The van der Waals surface area contributed by atoms with Crippen molar-refractivity contribution in [2.45, 2.75) is 57.5 Å². The molecule has 0 radical (unpaired) electrons. The Kier molecular flexibility index (Phi) is 18.8. The maximum atomic E-state index is 12.4. The molecule has 0 saturated heterocycles. The molecule has 0 aromatic rings. The molecular formula is C17H33IO10. The second kappa shape index (κ2) is 18.9. The fourth-order valence-corrected chi connectivity index (χ4v) is 2.57. The van der Waals surface area contributed by atoms with Crippen LogP contribution in [0.15, 0.2) is 0 Å². The predicted molar refractivity (Wildman–Crippen MR) is 106 cm³/mol. The molecule has 0 spiro atoms. The van der Waals surface area contributed by atoms with Crippen molar-refractivity contribution in [3.63, 3.8) is 0 Å². The smallest absolute Gasteiger partial charge is 0.308 e. The van der Waals surface area contributed by atoms with E-state index in [2.05, 4.69) is 0 Å². The molecule has 0 aromatic heterocycles. The van der Waals surface area contributed by atoms with Crippen molar-refractivity contribution >= 4 is 29.0 Å². The minimum Gasteiger partial charge on any atom is -0.462 e. The van der Waals surface area contributed by atoms with Gasteiger partial charge < -0.3 is 38.3 Å². The molecule has 0 aliphatic heterocycles. The van der Waals surface area contributed by atoms with Gasteiger partial charge in [0.2, 0.25) is 0 Å². The lowest BCUT2D eigenvalue weighted by atomic mass is 10.0. The van der Waals surface area contributed by atoms with Crippen molar-refractivity contribution in [1.29, 1.82) is 0 Å². The van der Waals surface area contributed by atoms with E-state index < -0.39 is 31.1 Å². The summed E-state index contributed by atoms with van der Waals surface area (Å²) in [6.45, 7) is 3.23. The topological polar surface area (TPSA) is 111 Å². The van der Waals surface area contributed by atoms with Crippen molar-refractivity contribution in [1.82, 2.24) is 0 Å². The number of carbonyl (C=O) groups excluding carboxylic acids is 1. The Bertz CT molecular complexity index is 370. The van der Waals surface area contributed by atoms with Gasteiger partial charge in [-0.1, -0.05) is 13.8 Å². The second-order valence-electron chi connectivity index (χ2n) is 5.71. The summed E-state index contributed by atoms with van der Waals surface area (Å²) in [4.78, 5) is 12.4. The minimum absolute atomic E-state index is 0.0292. The van der Waals surface area contributed by atoms with Gasteiger partial charge in [-0.25, -0.2) is 0 Å². The van der Waals surface area contributed by atoms with E-state index in [1.54, 1.807) is 23.0 Å². The van der Waals surface area contributed by atoms with Crippen molar-refractivity contribution < 1.29 is 46.1 Å². The second-order valence-corrected chi connectivity index (χ2v) is 6.34. The van der Waals surface area contributed by atoms with Gasteiger partial charge in [0.1, 0.15) is 61.7 Å². The van der Waals surface area contributed by atoms with E-state index in [1.807, 2.05) is 13.8 Å². The third-order valence-corrected chi connectivity index (χ3v) is 4.04. The molecule has 0 aromatic carbocycles. The molecule has 28 heavy (non-hydrogen) atoms. The van der Waals surface area contributed by atoms with Crippen LogP contribution in [0, 0.1) is 0 Å². The quantitative estimate of drug-likeness (QED) is 0.116. The molecule has 0 aliphatic carbocycles. The molecule has 1 N–H and O–H groups in total. The number of halogens is 1. The van der Waals surface area contributed by atoms with Gasteiger partial charge in [-0.3, -0.25) is 7.86 Å². The number of methoxy groups -OCH3 is 2. The van der Waals surface area contributed by atoms with Gasteiger partial charge in [-0.05, 0) is 12.8 Å². The van der Waals surface area contributed by atoms with E-state index in [-0.39, 0.29) is 39.5 Å². The lowest BCUT2D eigenvalue weighted by Crippen LogP contribution is -2.47. The van der Waals surface area contributed by atoms with E-state index in [0.717, 1.165) is 12.8 Å². The summed E-state index contributed by atoms with van der Waals surface area (Å²) in [7, 11) is 2.95. The van der Waals surface area contributed by atoms with E-state index in [9.17, 15) is 9.90 Å². The highest BCUT2D eigenvalue weighted by atomic mass is 127. The summed E-state index contributed by atoms with van der Waals surface area (Å²) in [6.07, 6.45) is -1.16. The van der Waals surface area contributed by atoms with Crippen LogP contribution in [0.25, 0.3) is 0 Å². The van der Waals surface area contributed by atoms with Crippen LogP contribution in [0.1, 0.15) is 33.1 Å². The number of hydrogen-bond acceptors (Lipinski definition) is 10. The van der Waals surface area contributed by atoms with Gasteiger partial charge >= 0.3 is 5.97 Å². The van der Waals surface area contributed by atoms with Crippen LogP contribution in [0.2, 0.25) is 0 Å². The summed E-state index contributed by atoms with van der Waals surface area (Å²) in [5.41, 5.74) is 0. The highest BCUT2D eigenvalue weighted by Gasteiger charge is 2.35. The molecule has 10 nitrogen and oxygen atoms in total. The summed E-state index contributed by atoms with van der Waals surface area (Å²) in [5.74, 6) is -0.432. The fraction of sp³-hybridized carbons (Fsp3) is 0.941. The Balaban J connectivity index is 5.29. The first-order valence-electron chi connectivity index (χ1n) is 9.01. The molecule has 11 heteroatoms. The third-order valence-electron chi connectivity index (χ3n) is 3.79. The Morgan fingerprint density at radius 2 is 1.64 bits per heavy atom. The standard InChI is InChI=1S/C17H33IO10/c1-5-13(6-2)28-16(20)7-14(25-12-27-18)17(26-11-22-4)15(24-9-19)8-23-10-21-3/h13-15,17,19H,5-12H2,1-4H3/t14-,15-,17+/m1/s1. The third kappa shape index (κ3) is 12.4. The monoisotopic (exact) mass is 524 g/mol. The first kappa shape index (κ1) is 27.9. The summed E-state index contributed by atoms with van der Waals surface area (Å²) < 4.78 is 42.2. The van der Waals surface area contributed by atoms with Crippen LogP contribution >= 0.6 is 23.0 Å². The largest absolute Gasteiger partial charge is 0.462 e. The fourth-order valence-electron chi connectivity index (χ4n) is 2.42. The average Bonchev–Trinajstić information content (AvgIpc) is 2.70. The number of aliphatic hydroxyl groups is 1. The van der Waals surface area contributed by atoms with Crippen molar-refractivity contribution in [2.75, 3.05) is 48.0 Å². The zero-order valence-corrected chi connectivity index (χ0v) is 19.1. The van der Waals surface area contributed by atoms with Crippen LogP contribution in [0.4, 0.5) is 0 Å². The Morgan fingerprint density at radius 1 is 0.964 bits per heavy atom. The molecule has 0 heterocycles. The van der Waals surface area contributed by atoms with E-state index >= 15 is 0 Å². The van der Waals surface area contributed by atoms with Crippen LogP contribution in [0.5, 0.6) is 0 Å². The molecule has 0 amide bonds. The predicted octanol–water partition coefficient (Wildman–Crippen LogP) is 1.76. The van der Waals surface area contributed by atoms with E-state index in [1.165, 1.54) is 14.2 Å². The molecular weight excluding hydrogens is 491 g/mol. The molecule has 0 bridgehead atoms. The first-order valence-corrected chi connectivity index (χ1v) is 9.90. The first-order chi connectivity index (χ1) is 13.6. The van der Waals surface area contributed by atoms with Crippen LogP contribution in [-0.2, 0) is 41.0 Å². The van der Waals surface area contributed by atoms with E-state index in [4.69, 9.17) is 36.2 Å². The maximum absolute atomic E-state index is 12.4. The van der Waals surface area contributed by atoms with Gasteiger partial charge in [0, 0.05) is 14.2 Å². The van der Waals surface area contributed by atoms with Gasteiger partial charge in [0.25, 0.3) is 0 Å². The Hall–Kier alpha value is -0.120. The van der Waals surface area contributed by atoms with Crippen LogP contribution < -0.4 is 0 Å². The van der Waals surface area contributed by atoms with Crippen molar-refractivity contribution in [2.24, 2.45) is 0 Å². The number of rotatable bonds is 19. The lowest BCUT2D eigenvalue weighted by Gasteiger charge is -2.32. The van der Waals surface area contributed by atoms with Crippen molar-refractivity contribution in [3.05, 3.63) is 0 Å². The number of ether oxygens (including phenoxy) is 7. The van der Waals surface area contributed by atoms with E-state index in [0.29, 0.717) is 0 Å². The Labute approximate surface area is 180 Å². The van der Waals surface area contributed by atoms with Gasteiger partial charge in [-0.2, -0.15) is 0 Å². The zero-order chi connectivity index (χ0) is 21.2. The molecule has 0 fully saturated rings. The number of aliphatic hydroxyl groups excluding tert-OH is 1. The highest BCUT2D eigenvalue weighted by molar-refractivity contribution is 14.1. The molecule has 0 unspecified atom stereocenters. The maximum Gasteiger partial charge on any atom is 0.308 e. The molecule has 0 saturated carbocycles. The van der Waals surface area contributed by atoms with Gasteiger partial charge in [-0.15, -0.1) is 0 Å². The molecule has 0 aliphatic rings. The van der Waals surface area contributed by atoms with Crippen LogP contribution in [-0.4, -0.2) is 83.5 Å². The molecule has 3 atom stereocenters.